The van der Waals surface area contributed by atoms with Crippen molar-refractivity contribution < 1.29 is 0 Å². The second-order valence-corrected chi connectivity index (χ2v) is 8.86. The predicted molar refractivity (Wildman–Crippen MR) is 113 cm³/mol. The van der Waals surface area contributed by atoms with Crippen molar-refractivity contribution in [1.82, 2.24) is 29.9 Å². The molecule has 0 saturated carbocycles. The molecule has 146 valence electrons. The van der Waals surface area contributed by atoms with Crippen molar-refractivity contribution in [2.24, 2.45) is 0 Å². The molecule has 1 fully saturated rings. The van der Waals surface area contributed by atoms with Crippen LogP contribution in [0.4, 0.5) is 0 Å². The van der Waals surface area contributed by atoms with Gasteiger partial charge < -0.3 is 0 Å². The van der Waals surface area contributed by atoms with Crippen molar-refractivity contribution >= 4 is 22.5 Å². The summed E-state index contributed by atoms with van der Waals surface area (Å²) in [5, 5.41) is 13.8. The highest BCUT2D eigenvalue weighted by Gasteiger charge is 2.52. The zero-order chi connectivity index (χ0) is 19.6. The number of pyridine rings is 1. The Labute approximate surface area is 173 Å². The molecular formula is C22H21ClN6. The second kappa shape index (κ2) is 6.15. The summed E-state index contributed by atoms with van der Waals surface area (Å²) in [6.07, 6.45) is 4.74. The standard InChI is InChI=1S/C22H21ClN6/c1-14-8-22(12-28(13-22)11-20-17(23)10-25-26-20)21-7-19(27-29(14)21)16-6-15-4-2-3-5-18(15)24-9-16/h2-7,9-10,14H,8,11-13H2,1H3,(H,25,26). The summed E-state index contributed by atoms with van der Waals surface area (Å²) in [6.45, 7) is 5.12. The Bertz CT molecular complexity index is 1220. The van der Waals surface area contributed by atoms with Gasteiger partial charge in [0.15, 0.2) is 0 Å². The molecule has 29 heavy (non-hydrogen) atoms. The van der Waals surface area contributed by atoms with Crippen LogP contribution in [0, 0.1) is 0 Å². The molecule has 0 amide bonds. The lowest BCUT2D eigenvalue weighted by atomic mass is 9.74. The van der Waals surface area contributed by atoms with Gasteiger partial charge in [0.25, 0.3) is 0 Å². The Morgan fingerprint density at radius 2 is 2.07 bits per heavy atom. The Morgan fingerprint density at radius 3 is 2.90 bits per heavy atom. The molecule has 0 radical (unpaired) electrons. The van der Waals surface area contributed by atoms with Crippen LogP contribution >= 0.6 is 11.6 Å². The monoisotopic (exact) mass is 404 g/mol. The van der Waals surface area contributed by atoms with Crippen LogP contribution in [0.2, 0.25) is 5.02 Å². The molecule has 5 heterocycles. The molecule has 2 aliphatic heterocycles. The molecule has 3 aromatic heterocycles. The van der Waals surface area contributed by atoms with Gasteiger partial charge in [0.2, 0.25) is 0 Å². The maximum absolute atomic E-state index is 6.19. The summed E-state index contributed by atoms with van der Waals surface area (Å²) in [5.74, 6) is 0. The first kappa shape index (κ1) is 17.2. The van der Waals surface area contributed by atoms with Crippen molar-refractivity contribution in [3.8, 4) is 11.3 Å². The van der Waals surface area contributed by atoms with Gasteiger partial charge in [-0.1, -0.05) is 29.8 Å². The molecule has 1 spiro atoms. The maximum Gasteiger partial charge on any atom is 0.0942 e. The van der Waals surface area contributed by atoms with Gasteiger partial charge in [0.05, 0.1) is 34.2 Å². The van der Waals surface area contributed by atoms with Gasteiger partial charge >= 0.3 is 0 Å². The van der Waals surface area contributed by atoms with Gasteiger partial charge in [-0.3, -0.25) is 19.7 Å². The number of hydrogen-bond acceptors (Lipinski definition) is 4. The van der Waals surface area contributed by atoms with E-state index >= 15 is 0 Å². The smallest absolute Gasteiger partial charge is 0.0942 e. The summed E-state index contributed by atoms with van der Waals surface area (Å²) in [7, 11) is 0. The summed E-state index contributed by atoms with van der Waals surface area (Å²) < 4.78 is 2.23. The molecule has 6 rings (SSSR count). The van der Waals surface area contributed by atoms with Gasteiger partial charge in [-0.2, -0.15) is 10.2 Å². The molecule has 2 aliphatic rings. The number of H-pyrrole nitrogens is 1. The fourth-order valence-corrected chi connectivity index (χ4v) is 5.23. The number of halogens is 1. The minimum atomic E-state index is 0.182. The molecule has 1 unspecified atom stereocenters. The second-order valence-electron chi connectivity index (χ2n) is 8.45. The number of hydrogen-bond donors (Lipinski definition) is 1. The van der Waals surface area contributed by atoms with Crippen LogP contribution in [0.1, 0.15) is 30.8 Å². The minimum Gasteiger partial charge on any atom is -0.295 e. The van der Waals surface area contributed by atoms with Crippen LogP contribution in [-0.4, -0.2) is 43.0 Å². The Balaban J connectivity index is 1.29. The van der Waals surface area contributed by atoms with Crippen molar-refractivity contribution in [3.05, 3.63) is 65.2 Å². The Hall–Kier alpha value is -2.70. The van der Waals surface area contributed by atoms with Gasteiger partial charge in [0, 0.05) is 47.9 Å². The first-order valence-electron chi connectivity index (χ1n) is 9.97. The van der Waals surface area contributed by atoms with Crippen LogP contribution in [0.15, 0.2) is 48.8 Å². The van der Waals surface area contributed by atoms with E-state index in [0.717, 1.165) is 53.9 Å². The molecule has 6 nitrogen and oxygen atoms in total. The summed E-state index contributed by atoms with van der Waals surface area (Å²) in [4.78, 5) is 7.04. The van der Waals surface area contributed by atoms with E-state index in [2.05, 4.69) is 49.9 Å². The molecular weight excluding hydrogens is 384 g/mol. The first-order chi connectivity index (χ1) is 14.1. The number of nitrogens with zero attached hydrogens (tertiary/aromatic N) is 5. The SMILES string of the molecule is CC1CC2(CN(Cc3[nH]ncc3Cl)C2)c2cc(-c3cnc4ccccc4c3)nn21. The number of rotatable bonds is 3. The zero-order valence-corrected chi connectivity index (χ0v) is 16.9. The van der Waals surface area contributed by atoms with Crippen LogP contribution in [0.25, 0.3) is 22.2 Å². The Morgan fingerprint density at radius 1 is 1.21 bits per heavy atom. The van der Waals surface area contributed by atoms with Crippen molar-refractivity contribution in [2.75, 3.05) is 13.1 Å². The van der Waals surface area contributed by atoms with Crippen LogP contribution < -0.4 is 0 Å². The molecule has 4 aromatic rings. The van der Waals surface area contributed by atoms with Crippen molar-refractivity contribution in [2.45, 2.75) is 31.3 Å². The molecule has 1 atom stereocenters. The normalized spacial score (nSPS) is 20.3. The molecule has 7 heteroatoms. The lowest BCUT2D eigenvalue weighted by molar-refractivity contribution is 0.0544. The molecule has 1 N–H and O–H groups in total. The number of benzene rings is 1. The number of para-hydroxylation sites is 1. The van der Waals surface area contributed by atoms with Crippen molar-refractivity contribution in [1.29, 1.82) is 0 Å². The third-order valence-corrected chi connectivity index (χ3v) is 6.69. The number of fused-ring (bicyclic) bond motifs is 3. The fraction of sp³-hybridized carbons (Fsp3) is 0.318. The van der Waals surface area contributed by atoms with Crippen molar-refractivity contribution in [3.63, 3.8) is 0 Å². The number of aromatic nitrogens is 5. The molecule has 1 saturated heterocycles. The van der Waals surface area contributed by atoms with E-state index in [0.29, 0.717) is 11.1 Å². The van der Waals surface area contributed by atoms with E-state index in [1.54, 1.807) is 6.20 Å². The van der Waals surface area contributed by atoms with E-state index in [9.17, 15) is 0 Å². The van der Waals surface area contributed by atoms with E-state index in [1.165, 1.54) is 5.69 Å². The number of nitrogens with one attached hydrogen (secondary N) is 1. The topological polar surface area (TPSA) is 62.6 Å². The van der Waals surface area contributed by atoms with Gasteiger partial charge in [-0.25, -0.2) is 0 Å². The third-order valence-electron chi connectivity index (χ3n) is 6.37. The quantitative estimate of drug-likeness (QED) is 0.556. The van der Waals surface area contributed by atoms with Crippen LogP contribution in [0.5, 0.6) is 0 Å². The zero-order valence-electron chi connectivity index (χ0n) is 16.1. The third kappa shape index (κ3) is 2.63. The van der Waals surface area contributed by atoms with Gasteiger partial charge in [-0.15, -0.1) is 0 Å². The van der Waals surface area contributed by atoms with Gasteiger partial charge in [-0.05, 0) is 31.5 Å². The largest absolute Gasteiger partial charge is 0.295 e. The fourth-order valence-electron chi connectivity index (χ4n) is 5.08. The lowest BCUT2D eigenvalue weighted by Gasteiger charge is -2.47. The van der Waals surface area contributed by atoms with E-state index in [4.69, 9.17) is 16.7 Å². The first-order valence-corrected chi connectivity index (χ1v) is 10.3. The highest BCUT2D eigenvalue weighted by atomic mass is 35.5. The van der Waals surface area contributed by atoms with E-state index in [1.807, 2.05) is 24.4 Å². The average molecular weight is 405 g/mol. The summed E-state index contributed by atoms with van der Waals surface area (Å²) in [6, 6.07) is 13.1. The van der Waals surface area contributed by atoms with Crippen LogP contribution in [-0.2, 0) is 12.0 Å². The number of likely N-dealkylation sites (tertiary alicyclic amines) is 1. The lowest BCUT2D eigenvalue weighted by Crippen LogP contribution is -2.57. The summed E-state index contributed by atoms with van der Waals surface area (Å²) >= 11 is 6.19. The minimum absolute atomic E-state index is 0.182. The molecule has 0 aliphatic carbocycles. The highest BCUT2D eigenvalue weighted by Crippen LogP contribution is 2.48. The highest BCUT2D eigenvalue weighted by molar-refractivity contribution is 6.31. The predicted octanol–water partition coefficient (Wildman–Crippen LogP) is 4.19. The van der Waals surface area contributed by atoms with Crippen LogP contribution in [0.3, 0.4) is 0 Å². The Kier molecular flexibility index (Phi) is 3.64. The molecule has 0 bridgehead atoms. The summed E-state index contributed by atoms with van der Waals surface area (Å²) in [5.41, 5.74) is 5.62. The van der Waals surface area contributed by atoms with E-state index in [-0.39, 0.29) is 5.41 Å². The van der Waals surface area contributed by atoms with E-state index < -0.39 is 0 Å². The number of aromatic amines is 1. The molecule has 1 aromatic carbocycles. The van der Waals surface area contributed by atoms with Gasteiger partial charge in [0.1, 0.15) is 0 Å². The maximum atomic E-state index is 6.19. The average Bonchev–Trinajstić information content (AvgIpc) is 3.38.